The van der Waals surface area contributed by atoms with E-state index in [0.29, 0.717) is 0 Å². The minimum absolute atomic E-state index is 0.0459. The van der Waals surface area contributed by atoms with Crippen LogP contribution in [0, 0.1) is 6.92 Å². The van der Waals surface area contributed by atoms with Gasteiger partial charge in [0.2, 0.25) is 5.91 Å². The van der Waals surface area contributed by atoms with Crippen molar-refractivity contribution in [2.24, 2.45) is 0 Å². The van der Waals surface area contributed by atoms with E-state index in [2.05, 4.69) is 20.3 Å². The van der Waals surface area contributed by atoms with Crippen molar-refractivity contribution in [1.82, 2.24) is 19.6 Å². The van der Waals surface area contributed by atoms with Crippen LogP contribution in [-0.4, -0.2) is 38.3 Å². The number of hydrogen-bond donors (Lipinski definition) is 1. The Labute approximate surface area is 152 Å². The normalized spacial score (nSPS) is 12.4. The predicted octanol–water partition coefficient (Wildman–Crippen LogP) is 3.24. The first-order chi connectivity index (χ1) is 12.4. The van der Waals surface area contributed by atoms with Crippen LogP contribution < -0.4 is 5.32 Å². The molecule has 0 aliphatic rings. The number of ether oxygens (including phenoxy) is 1. The zero-order valence-electron chi connectivity index (χ0n) is 13.5. The number of halogens is 7. The van der Waals surface area contributed by atoms with Crippen molar-refractivity contribution >= 4 is 23.2 Å². The summed E-state index contributed by atoms with van der Waals surface area (Å²) in [6, 6.07) is 0. The van der Waals surface area contributed by atoms with Crippen LogP contribution in [0.4, 0.5) is 32.0 Å². The topological polar surface area (TPSA) is 74.0 Å². The lowest BCUT2D eigenvalue weighted by atomic mass is 10.3. The van der Waals surface area contributed by atoms with E-state index in [1.165, 1.54) is 13.1 Å². The van der Waals surface area contributed by atoms with Gasteiger partial charge in [0.1, 0.15) is 19.9 Å². The Morgan fingerprint density at radius 3 is 2.52 bits per heavy atom. The van der Waals surface area contributed by atoms with Crippen LogP contribution in [0.3, 0.4) is 0 Å². The molecule has 2 aromatic heterocycles. The summed E-state index contributed by atoms with van der Waals surface area (Å²) in [7, 11) is 0. The Morgan fingerprint density at radius 2 is 1.96 bits per heavy atom. The van der Waals surface area contributed by atoms with Gasteiger partial charge >= 0.3 is 12.4 Å². The molecule has 0 aliphatic heterocycles. The summed E-state index contributed by atoms with van der Waals surface area (Å²) in [5.74, 6) is -0.734. The SMILES string of the molecule is Cc1c(Cl)c(C(F)(F)F)nn1CC(=O)Nc1cnn(COCC(F)(F)F)c1. The highest BCUT2D eigenvalue weighted by molar-refractivity contribution is 6.32. The molecule has 0 atom stereocenters. The number of nitrogens with one attached hydrogen (secondary N) is 1. The van der Waals surface area contributed by atoms with Crippen molar-refractivity contribution in [2.45, 2.75) is 32.6 Å². The highest BCUT2D eigenvalue weighted by Crippen LogP contribution is 2.35. The van der Waals surface area contributed by atoms with Gasteiger partial charge in [0.15, 0.2) is 5.69 Å². The fraction of sp³-hybridized carbons (Fsp3) is 0.462. The number of hydrogen-bond acceptors (Lipinski definition) is 4. The zero-order chi connectivity index (χ0) is 20.4. The number of carbonyl (C=O) groups is 1. The maximum Gasteiger partial charge on any atom is 0.436 e. The first-order valence-corrected chi connectivity index (χ1v) is 7.51. The monoisotopic (exact) mass is 419 g/mol. The van der Waals surface area contributed by atoms with Crippen molar-refractivity contribution in [1.29, 1.82) is 0 Å². The molecule has 14 heteroatoms. The van der Waals surface area contributed by atoms with E-state index in [1.807, 2.05) is 0 Å². The zero-order valence-corrected chi connectivity index (χ0v) is 14.3. The molecule has 1 N–H and O–H groups in total. The molecular formula is C13H12ClF6N5O2. The fourth-order valence-electron chi connectivity index (χ4n) is 1.95. The quantitative estimate of drug-likeness (QED) is 0.730. The van der Waals surface area contributed by atoms with Gasteiger partial charge < -0.3 is 10.1 Å². The number of rotatable bonds is 6. The van der Waals surface area contributed by atoms with Crippen molar-refractivity contribution in [3.05, 3.63) is 28.8 Å². The lowest BCUT2D eigenvalue weighted by Gasteiger charge is -2.07. The molecule has 0 bridgehead atoms. The molecule has 0 radical (unpaired) electrons. The van der Waals surface area contributed by atoms with Crippen LogP contribution in [0.15, 0.2) is 12.4 Å². The molecule has 0 fully saturated rings. The highest BCUT2D eigenvalue weighted by atomic mass is 35.5. The number of carbonyl (C=O) groups excluding carboxylic acids is 1. The number of anilines is 1. The van der Waals surface area contributed by atoms with Gasteiger partial charge in [0, 0.05) is 0 Å². The van der Waals surface area contributed by atoms with E-state index >= 15 is 0 Å². The van der Waals surface area contributed by atoms with Crippen molar-refractivity contribution in [2.75, 3.05) is 11.9 Å². The van der Waals surface area contributed by atoms with Crippen LogP contribution in [0.2, 0.25) is 5.02 Å². The smallest absolute Gasteiger partial charge is 0.350 e. The van der Waals surface area contributed by atoms with Crippen LogP contribution in [0.1, 0.15) is 11.4 Å². The Balaban J connectivity index is 1.95. The first-order valence-electron chi connectivity index (χ1n) is 7.13. The summed E-state index contributed by atoms with van der Waals surface area (Å²) in [6.07, 6.45) is -6.92. The predicted molar refractivity (Wildman–Crippen MR) is 79.8 cm³/mol. The summed E-state index contributed by atoms with van der Waals surface area (Å²) in [4.78, 5) is 11.9. The molecule has 2 heterocycles. The van der Waals surface area contributed by atoms with Gasteiger partial charge in [0.05, 0.1) is 28.8 Å². The number of amides is 1. The van der Waals surface area contributed by atoms with E-state index < -0.39 is 48.9 Å². The Bertz CT molecular complexity index is 813. The molecule has 0 aliphatic carbocycles. The van der Waals surface area contributed by atoms with Crippen LogP contribution in [-0.2, 0) is 29.0 Å². The van der Waals surface area contributed by atoms with Crippen LogP contribution in [0.25, 0.3) is 0 Å². The standard InChI is InChI=1S/C13H12ClF6N5O2/c1-7-10(14)11(13(18,19)20)23-25(7)4-9(26)22-8-2-21-24(3-8)6-27-5-12(15,16)17/h2-3H,4-6H2,1H3,(H,22,26). The number of alkyl halides is 6. The molecule has 0 aromatic carbocycles. The first kappa shape index (κ1) is 21.0. The Kier molecular flexibility index (Phi) is 6.04. The largest absolute Gasteiger partial charge is 0.436 e. The molecule has 7 nitrogen and oxygen atoms in total. The van der Waals surface area contributed by atoms with Crippen molar-refractivity contribution in [3.8, 4) is 0 Å². The number of aromatic nitrogens is 4. The third-order valence-electron chi connectivity index (χ3n) is 3.10. The minimum Gasteiger partial charge on any atom is -0.350 e. The molecule has 2 rings (SSSR count). The van der Waals surface area contributed by atoms with Gasteiger partial charge in [-0.25, -0.2) is 4.68 Å². The van der Waals surface area contributed by atoms with E-state index in [4.69, 9.17) is 11.6 Å². The molecule has 1 amide bonds. The van der Waals surface area contributed by atoms with E-state index in [0.717, 1.165) is 15.6 Å². The average Bonchev–Trinajstić information content (AvgIpc) is 3.05. The molecule has 150 valence electrons. The summed E-state index contributed by atoms with van der Waals surface area (Å²) >= 11 is 5.58. The molecule has 0 spiro atoms. The minimum atomic E-state index is -4.76. The molecule has 0 saturated heterocycles. The molecule has 2 aromatic rings. The molecule has 0 saturated carbocycles. The Hall–Kier alpha value is -2.28. The second-order valence-corrected chi connectivity index (χ2v) is 5.69. The van der Waals surface area contributed by atoms with Gasteiger partial charge in [-0.15, -0.1) is 0 Å². The highest BCUT2D eigenvalue weighted by Gasteiger charge is 2.38. The van der Waals surface area contributed by atoms with E-state index in [1.54, 1.807) is 0 Å². The van der Waals surface area contributed by atoms with Gasteiger partial charge in [-0.1, -0.05) is 11.6 Å². The summed E-state index contributed by atoms with van der Waals surface area (Å²) in [5, 5.41) is 8.68. The third-order valence-corrected chi connectivity index (χ3v) is 3.55. The van der Waals surface area contributed by atoms with Crippen molar-refractivity contribution in [3.63, 3.8) is 0 Å². The average molecular weight is 420 g/mol. The second-order valence-electron chi connectivity index (χ2n) is 5.31. The van der Waals surface area contributed by atoms with Crippen LogP contribution >= 0.6 is 11.6 Å². The summed E-state index contributed by atoms with van der Waals surface area (Å²) in [5.41, 5.74) is -1.23. The fourth-order valence-corrected chi connectivity index (χ4v) is 2.19. The van der Waals surface area contributed by atoms with Crippen molar-refractivity contribution < 1.29 is 35.9 Å². The van der Waals surface area contributed by atoms with E-state index in [-0.39, 0.29) is 11.4 Å². The summed E-state index contributed by atoms with van der Waals surface area (Å²) < 4.78 is 80.4. The maximum absolute atomic E-state index is 12.8. The lowest BCUT2D eigenvalue weighted by Crippen LogP contribution is -2.20. The molecule has 27 heavy (non-hydrogen) atoms. The molecule has 0 unspecified atom stereocenters. The van der Waals surface area contributed by atoms with Crippen LogP contribution in [0.5, 0.6) is 0 Å². The Morgan fingerprint density at radius 1 is 1.30 bits per heavy atom. The van der Waals surface area contributed by atoms with Gasteiger partial charge in [-0.05, 0) is 6.92 Å². The third kappa shape index (κ3) is 5.85. The second kappa shape index (κ2) is 7.76. The van der Waals surface area contributed by atoms with Gasteiger partial charge in [-0.3, -0.25) is 9.48 Å². The molecular weight excluding hydrogens is 408 g/mol. The number of nitrogens with zero attached hydrogens (tertiary/aromatic N) is 4. The van der Waals surface area contributed by atoms with E-state index in [9.17, 15) is 31.1 Å². The maximum atomic E-state index is 12.8. The van der Waals surface area contributed by atoms with Gasteiger partial charge in [-0.2, -0.15) is 36.5 Å². The lowest BCUT2D eigenvalue weighted by molar-refractivity contribution is -0.182. The van der Waals surface area contributed by atoms with Gasteiger partial charge in [0.25, 0.3) is 0 Å². The summed E-state index contributed by atoms with van der Waals surface area (Å²) in [6.45, 7) is -1.25.